The zero-order valence-corrected chi connectivity index (χ0v) is 12.7. The standard InChI is InChI=1S/C16H17ClN2O2/c1-11-3-5-13(6-4-11)12(2)18-10-14-7-8-15(19(20)21)9-16(14)17/h3-9,12,18H,10H2,1-2H3/t12-/m1/s1. The molecule has 5 heteroatoms. The summed E-state index contributed by atoms with van der Waals surface area (Å²) >= 11 is 6.08. The van der Waals surface area contributed by atoms with Crippen molar-refractivity contribution in [2.24, 2.45) is 0 Å². The predicted octanol–water partition coefficient (Wildman–Crippen LogP) is 4.41. The van der Waals surface area contributed by atoms with Crippen molar-refractivity contribution in [1.82, 2.24) is 5.32 Å². The van der Waals surface area contributed by atoms with Gasteiger partial charge in [0.05, 0.1) is 9.95 Å². The maximum absolute atomic E-state index is 10.7. The molecule has 0 aliphatic carbocycles. The van der Waals surface area contributed by atoms with E-state index in [0.717, 1.165) is 5.56 Å². The Morgan fingerprint density at radius 1 is 1.24 bits per heavy atom. The Bertz CT molecular complexity index is 641. The molecule has 0 saturated carbocycles. The molecule has 110 valence electrons. The van der Waals surface area contributed by atoms with Gasteiger partial charge in [-0.15, -0.1) is 0 Å². The Balaban J connectivity index is 2.02. The van der Waals surface area contributed by atoms with Gasteiger partial charge in [0.25, 0.3) is 5.69 Å². The molecule has 21 heavy (non-hydrogen) atoms. The summed E-state index contributed by atoms with van der Waals surface area (Å²) < 4.78 is 0. The predicted molar refractivity (Wildman–Crippen MR) is 84.5 cm³/mol. The molecule has 0 aromatic heterocycles. The highest BCUT2D eigenvalue weighted by molar-refractivity contribution is 6.31. The van der Waals surface area contributed by atoms with Gasteiger partial charge >= 0.3 is 0 Å². The van der Waals surface area contributed by atoms with Crippen molar-refractivity contribution >= 4 is 17.3 Å². The van der Waals surface area contributed by atoms with Crippen molar-refractivity contribution in [2.45, 2.75) is 26.4 Å². The number of aryl methyl sites for hydroxylation is 1. The number of halogens is 1. The first-order chi connectivity index (χ1) is 9.97. The molecule has 1 N–H and O–H groups in total. The van der Waals surface area contributed by atoms with Crippen molar-refractivity contribution in [1.29, 1.82) is 0 Å². The van der Waals surface area contributed by atoms with Crippen LogP contribution in [0.25, 0.3) is 0 Å². The van der Waals surface area contributed by atoms with Crippen LogP contribution < -0.4 is 5.32 Å². The van der Waals surface area contributed by atoms with E-state index in [1.807, 2.05) is 0 Å². The van der Waals surface area contributed by atoms with Crippen LogP contribution in [0.2, 0.25) is 5.02 Å². The van der Waals surface area contributed by atoms with E-state index in [4.69, 9.17) is 11.6 Å². The number of benzene rings is 2. The molecule has 0 unspecified atom stereocenters. The van der Waals surface area contributed by atoms with Crippen LogP contribution in [-0.2, 0) is 6.54 Å². The summed E-state index contributed by atoms with van der Waals surface area (Å²) in [6.45, 7) is 4.69. The number of nitro benzene ring substituents is 1. The fourth-order valence-corrected chi connectivity index (χ4v) is 2.27. The van der Waals surface area contributed by atoms with E-state index < -0.39 is 4.92 Å². The number of rotatable bonds is 5. The Labute approximate surface area is 128 Å². The second-order valence-corrected chi connectivity index (χ2v) is 5.45. The Morgan fingerprint density at radius 3 is 2.48 bits per heavy atom. The third-order valence-electron chi connectivity index (χ3n) is 3.42. The van der Waals surface area contributed by atoms with Gasteiger partial charge in [0.1, 0.15) is 0 Å². The van der Waals surface area contributed by atoms with Gasteiger partial charge in [-0.3, -0.25) is 10.1 Å². The Kier molecular flexibility index (Phi) is 4.94. The Hall–Kier alpha value is -1.91. The summed E-state index contributed by atoms with van der Waals surface area (Å²) in [5.41, 5.74) is 3.28. The molecule has 2 rings (SSSR count). The molecule has 0 aliphatic heterocycles. The quantitative estimate of drug-likeness (QED) is 0.657. The number of hydrogen-bond donors (Lipinski definition) is 1. The first-order valence-electron chi connectivity index (χ1n) is 6.70. The lowest BCUT2D eigenvalue weighted by atomic mass is 10.1. The van der Waals surface area contributed by atoms with Crippen LogP contribution in [0, 0.1) is 17.0 Å². The van der Waals surface area contributed by atoms with Gasteiger partial charge in [0.2, 0.25) is 0 Å². The number of nitrogens with one attached hydrogen (secondary N) is 1. The number of non-ortho nitro benzene ring substituents is 1. The number of hydrogen-bond acceptors (Lipinski definition) is 3. The molecule has 4 nitrogen and oxygen atoms in total. The minimum Gasteiger partial charge on any atom is -0.306 e. The van der Waals surface area contributed by atoms with E-state index in [1.165, 1.54) is 23.3 Å². The van der Waals surface area contributed by atoms with Crippen molar-refractivity contribution < 1.29 is 4.92 Å². The molecular weight excluding hydrogens is 288 g/mol. The largest absolute Gasteiger partial charge is 0.306 e. The molecule has 0 amide bonds. The number of nitro groups is 1. The highest BCUT2D eigenvalue weighted by Gasteiger charge is 2.10. The molecule has 2 aromatic carbocycles. The van der Waals surface area contributed by atoms with Gasteiger partial charge in [0, 0.05) is 24.7 Å². The topological polar surface area (TPSA) is 55.2 Å². The zero-order chi connectivity index (χ0) is 15.4. The molecule has 0 bridgehead atoms. The lowest BCUT2D eigenvalue weighted by Gasteiger charge is -2.15. The molecule has 0 fully saturated rings. The Morgan fingerprint density at radius 2 is 1.90 bits per heavy atom. The molecule has 1 atom stereocenters. The van der Waals surface area contributed by atoms with Gasteiger partial charge in [-0.25, -0.2) is 0 Å². The lowest BCUT2D eigenvalue weighted by molar-refractivity contribution is -0.384. The van der Waals surface area contributed by atoms with Gasteiger partial charge < -0.3 is 5.32 Å². The SMILES string of the molecule is Cc1ccc([C@@H](C)NCc2ccc([N+](=O)[O-])cc2Cl)cc1. The smallest absolute Gasteiger partial charge is 0.270 e. The van der Waals surface area contributed by atoms with E-state index in [1.54, 1.807) is 6.07 Å². The monoisotopic (exact) mass is 304 g/mol. The van der Waals surface area contributed by atoms with E-state index in [0.29, 0.717) is 11.6 Å². The van der Waals surface area contributed by atoms with E-state index in [2.05, 4.69) is 43.4 Å². The normalized spacial score (nSPS) is 12.1. The first kappa shape index (κ1) is 15.5. The highest BCUT2D eigenvalue weighted by Crippen LogP contribution is 2.23. The third-order valence-corrected chi connectivity index (χ3v) is 3.78. The summed E-state index contributed by atoms with van der Waals surface area (Å²) in [5.74, 6) is 0. The molecule has 0 aliphatic rings. The number of nitrogens with zero attached hydrogens (tertiary/aromatic N) is 1. The van der Waals surface area contributed by atoms with Crippen LogP contribution in [0.4, 0.5) is 5.69 Å². The first-order valence-corrected chi connectivity index (χ1v) is 7.08. The second kappa shape index (κ2) is 6.70. The minimum atomic E-state index is -0.446. The zero-order valence-electron chi connectivity index (χ0n) is 12.0. The average molecular weight is 305 g/mol. The maximum Gasteiger partial charge on any atom is 0.270 e. The van der Waals surface area contributed by atoms with E-state index in [-0.39, 0.29) is 11.7 Å². The van der Waals surface area contributed by atoms with Crippen molar-refractivity contribution in [2.75, 3.05) is 0 Å². The van der Waals surface area contributed by atoms with E-state index in [9.17, 15) is 10.1 Å². The van der Waals surface area contributed by atoms with Gasteiger partial charge in [-0.2, -0.15) is 0 Å². The van der Waals surface area contributed by atoms with Gasteiger partial charge in [0.15, 0.2) is 0 Å². The molecule has 0 saturated heterocycles. The molecule has 0 radical (unpaired) electrons. The third kappa shape index (κ3) is 4.03. The summed E-state index contributed by atoms with van der Waals surface area (Å²) in [7, 11) is 0. The van der Waals surface area contributed by atoms with Crippen LogP contribution in [0.3, 0.4) is 0 Å². The highest BCUT2D eigenvalue weighted by atomic mass is 35.5. The minimum absolute atomic E-state index is 0.00957. The van der Waals surface area contributed by atoms with Crippen LogP contribution in [0.1, 0.15) is 29.7 Å². The van der Waals surface area contributed by atoms with Crippen molar-refractivity contribution in [3.63, 3.8) is 0 Å². The molecular formula is C16H17ClN2O2. The molecule has 2 aromatic rings. The summed E-state index contributed by atoms with van der Waals surface area (Å²) in [6, 6.07) is 13.1. The fraction of sp³-hybridized carbons (Fsp3) is 0.250. The van der Waals surface area contributed by atoms with Gasteiger partial charge in [-0.1, -0.05) is 41.4 Å². The maximum atomic E-state index is 10.7. The van der Waals surface area contributed by atoms with Crippen LogP contribution >= 0.6 is 11.6 Å². The summed E-state index contributed by atoms with van der Waals surface area (Å²) in [4.78, 5) is 10.2. The van der Waals surface area contributed by atoms with Crippen LogP contribution in [-0.4, -0.2) is 4.92 Å². The van der Waals surface area contributed by atoms with Crippen molar-refractivity contribution in [3.8, 4) is 0 Å². The summed E-state index contributed by atoms with van der Waals surface area (Å²) in [6.07, 6.45) is 0. The van der Waals surface area contributed by atoms with E-state index >= 15 is 0 Å². The summed E-state index contributed by atoms with van der Waals surface area (Å²) in [5, 5.41) is 14.5. The molecule has 0 heterocycles. The lowest BCUT2D eigenvalue weighted by Crippen LogP contribution is -2.18. The second-order valence-electron chi connectivity index (χ2n) is 5.05. The van der Waals surface area contributed by atoms with Crippen LogP contribution in [0.15, 0.2) is 42.5 Å². The van der Waals surface area contributed by atoms with Crippen molar-refractivity contribution in [3.05, 3.63) is 74.3 Å². The average Bonchev–Trinajstić information content (AvgIpc) is 2.46. The molecule has 0 spiro atoms. The fourth-order valence-electron chi connectivity index (χ4n) is 2.03. The van der Waals surface area contributed by atoms with Crippen LogP contribution in [0.5, 0.6) is 0 Å². The van der Waals surface area contributed by atoms with Gasteiger partial charge in [-0.05, 0) is 31.0 Å².